The number of nitrogens with one attached hydrogen (secondary N) is 1. The maximum Gasteiger partial charge on any atom is 0.0639 e. The van der Waals surface area contributed by atoms with Crippen LogP contribution in [0.4, 0.5) is 0 Å². The lowest BCUT2D eigenvalue weighted by molar-refractivity contribution is 0.0998. The van der Waals surface area contributed by atoms with Crippen molar-refractivity contribution in [1.82, 2.24) is 15.2 Å². The topological polar surface area (TPSA) is 48.4 Å². The number of aryl methyl sites for hydroxylation is 1. The molecule has 1 fully saturated rings. The predicted molar refractivity (Wildman–Crippen MR) is 81.5 cm³/mol. The fourth-order valence-corrected chi connectivity index (χ4v) is 2.86. The van der Waals surface area contributed by atoms with Gasteiger partial charge in [-0.25, -0.2) is 0 Å². The highest BCUT2D eigenvalue weighted by molar-refractivity contribution is 5.17. The van der Waals surface area contributed by atoms with Gasteiger partial charge in [0, 0.05) is 25.0 Å². The van der Waals surface area contributed by atoms with Crippen LogP contribution >= 0.6 is 0 Å². The molecule has 0 aromatic carbocycles. The SMILES string of the molecule is Cc1ncccc1CNCC1CCN(C[C@H](C)O)CC1. The van der Waals surface area contributed by atoms with Gasteiger partial charge >= 0.3 is 0 Å². The van der Waals surface area contributed by atoms with Gasteiger partial charge in [-0.3, -0.25) is 4.98 Å². The highest BCUT2D eigenvalue weighted by Crippen LogP contribution is 2.16. The first-order valence-corrected chi connectivity index (χ1v) is 7.67. The standard InChI is InChI=1S/C16H27N3O/c1-13(20)12-19-8-5-15(6-9-19)10-17-11-16-4-3-7-18-14(16)2/h3-4,7,13,15,17,20H,5-6,8-12H2,1-2H3/t13-/m0/s1. The molecule has 1 aliphatic rings. The second-order valence-electron chi connectivity index (χ2n) is 5.97. The van der Waals surface area contributed by atoms with Crippen LogP contribution in [0.25, 0.3) is 0 Å². The molecule has 20 heavy (non-hydrogen) atoms. The summed E-state index contributed by atoms with van der Waals surface area (Å²) < 4.78 is 0. The van der Waals surface area contributed by atoms with Crippen LogP contribution in [0.2, 0.25) is 0 Å². The number of piperidine rings is 1. The number of likely N-dealkylation sites (tertiary alicyclic amines) is 1. The van der Waals surface area contributed by atoms with E-state index in [1.807, 2.05) is 19.2 Å². The van der Waals surface area contributed by atoms with Crippen LogP contribution in [0.15, 0.2) is 18.3 Å². The Morgan fingerprint density at radius 3 is 2.85 bits per heavy atom. The number of nitrogens with zero attached hydrogens (tertiary/aromatic N) is 2. The molecule has 4 heteroatoms. The summed E-state index contributed by atoms with van der Waals surface area (Å²) in [6.07, 6.45) is 4.09. The summed E-state index contributed by atoms with van der Waals surface area (Å²) in [6.45, 7) is 8.96. The second kappa shape index (κ2) is 7.72. The Balaban J connectivity index is 1.65. The van der Waals surface area contributed by atoms with E-state index in [-0.39, 0.29) is 6.10 Å². The molecule has 2 N–H and O–H groups in total. The van der Waals surface area contributed by atoms with Gasteiger partial charge in [0.1, 0.15) is 0 Å². The zero-order valence-electron chi connectivity index (χ0n) is 12.7. The lowest BCUT2D eigenvalue weighted by Gasteiger charge is -2.32. The third-order valence-electron chi connectivity index (χ3n) is 4.09. The highest BCUT2D eigenvalue weighted by atomic mass is 16.3. The van der Waals surface area contributed by atoms with Crippen LogP contribution in [0.3, 0.4) is 0 Å². The lowest BCUT2D eigenvalue weighted by Crippen LogP contribution is -2.40. The van der Waals surface area contributed by atoms with E-state index in [1.54, 1.807) is 0 Å². The first-order chi connectivity index (χ1) is 9.65. The number of aliphatic hydroxyl groups is 1. The van der Waals surface area contributed by atoms with Crippen molar-refractivity contribution in [3.63, 3.8) is 0 Å². The van der Waals surface area contributed by atoms with Crippen molar-refractivity contribution in [2.24, 2.45) is 5.92 Å². The van der Waals surface area contributed by atoms with Crippen molar-refractivity contribution in [2.45, 2.75) is 39.3 Å². The average molecular weight is 277 g/mol. The quantitative estimate of drug-likeness (QED) is 0.829. The molecule has 112 valence electrons. The van der Waals surface area contributed by atoms with Gasteiger partial charge in [0.25, 0.3) is 0 Å². The number of hydrogen-bond donors (Lipinski definition) is 2. The molecular formula is C16H27N3O. The number of aliphatic hydroxyl groups excluding tert-OH is 1. The summed E-state index contributed by atoms with van der Waals surface area (Å²) in [6, 6.07) is 4.14. The number of hydrogen-bond acceptors (Lipinski definition) is 4. The summed E-state index contributed by atoms with van der Waals surface area (Å²) in [5, 5.41) is 13.0. The van der Waals surface area contributed by atoms with Gasteiger partial charge in [-0.2, -0.15) is 0 Å². The van der Waals surface area contributed by atoms with E-state index < -0.39 is 0 Å². The predicted octanol–water partition coefficient (Wildman–Crippen LogP) is 1.57. The summed E-state index contributed by atoms with van der Waals surface area (Å²) in [7, 11) is 0. The van der Waals surface area contributed by atoms with Gasteiger partial charge in [0.2, 0.25) is 0 Å². The molecule has 0 bridgehead atoms. The number of pyridine rings is 1. The Morgan fingerprint density at radius 2 is 2.20 bits per heavy atom. The maximum atomic E-state index is 9.40. The van der Waals surface area contributed by atoms with E-state index in [0.717, 1.165) is 44.3 Å². The minimum absolute atomic E-state index is 0.210. The minimum Gasteiger partial charge on any atom is -0.392 e. The third-order valence-corrected chi connectivity index (χ3v) is 4.09. The fourth-order valence-electron chi connectivity index (χ4n) is 2.86. The molecule has 4 nitrogen and oxygen atoms in total. The van der Waals surface area contributed by atoms with Crippen LogP contribution in [0.5, 0.6) is 0 Å². The Morgan fingerprint density at radius 1 is 1.45 bits per heavy atom. The number of β-amino-alcohol motifs (C(OH)–C–C–N with tert-alkyl or cyclic N) is 1. The first kappa shape index (κ1) is 15.4. The molecule has 0 amide bonds. The number of rotatable bonds is 6. The third kappa shape index (κ3) is 4.85. The van der Waals surface area contributed by atoms with Gasteiger partial charge in [-0.05, 0) is 63.9 Å². The molecule has 2 heterocycles. The molecule has 2 rings (SSSR count). The Bertz CT molecular complexity index is 400. The van der Waals surface area contributed by atoms with Gasteiger partial charge in [-0.1, -0.05) is 6.07 Å². The number of aromatic nitrogens is 1. The molecule has 1 aromatic heterocycles. The molecule has 0 radical (unpaired) electrons. The van der Waals surface area contributed by atoms with Crippen molar-refractivity contribution in [3.05, 3.63) is 29.6 Å². The largest absolute Gasteiger partial charge is 0.392 e. The van der Waals surface area contributed by atoms with E-state index in [4.69, 9.17) is 0 Å². The van der Waals surface area contributed by atoms with E-state index in [0.29, 0.717) is 0 Å². The normalized spacial score (nSPS) is 19.1. The monoisotopic (exact) mass is 277 g/mol. The molecular weight excluding hydrogens is 250 g/mol. The molecule has 0 saturated carbocycles. The molecule has 1 aromatic rings. The zero-order chi connectivity index (χ0) is 14.4. The maximum absolute atomic E-state index is 9.40. The average Bonchev–Trinajstić information content (AvgIpc) is 2.42. The molecule has 0 aliphatic carbocycles. The highest BCUT2D eigenvalue weighted by Gasteiger charge is 2.19. The van der Waals surface area contributed by atoms with Crippen LogP contribution in [-0.2, 0) is 6.54 Å². The first-order valence-electron chi connectivity index (χ1n) is 7.67. The zero-order valence-corrected chi connectivity index (χ0v) is 12.7. The van der Waals surface area contributed by atoms with Crippen LogP contribution in [0.1, 0.15) is 31.0 Å². The second-order valence-corrected chi connectivity index (χ2v) is 5.97. The van der Waals surface area contributed by atoms with E-state index in [2.05, 4.69) is 28.2 Å². The van der Waals surface area contributed by atoms with Crippen molar-refractivity contribution in [2.75, 3.05) is 26.2 Å². The molecule has 0 unspecified atom stereocenters. The van der Waals surface area contributed by atoms with E-state index >= 15 is 0 Å². The van der Waals surface area contributed by atoms with Crippen molar-refractivity contribution in [3.8, 4) is 0 Å². The summed E-state index contributed by atoms with van der Waals surface area (Å²) in [5.74, 6) is 0.761. The minimum atomic E-state index is -0.210. The van der Waals surface area contributed by atoms with Gasteiger partial charge in [0.05, 0.1) is 6.10 Å². The summed E-state index contributed by atoms with van der Waals surface area (Å²) >= 11 is 0. The molecule has 1 aliphatic heterocycles. The van der Waals surface area contributed by atoms with Crippen LogP contribution < -0.4 is 5.32 Å². The Labute approximate surface area is 122 Å². The molecule has 1 saturated heterocycles. The van der Waals surface area contributed by atoms with Crippen molar-refractivity contribution >= 4 is 0 Å². The van der Waals surface area contributed by atoms with Gasteiger partial charge in [-0.15, -0.1) is 0 Å². The molecule has 0 spiro atoms. The van der Waals surface area contributed by atoms with Crippen LogP contribution in [0, 0.1) is 12.8 Å². The van der Waals surface area contributed by atoms with Gasteiger partial charge in [0.15, 0.2) is 0 Å². The smallest absolute Gasteiger partial charge is 0.0639 e. The van der Waals surface area contributed by atoms with E-state index in [1.165, 1.54) is 18.4 Å². The Kier molecular flexibility index (Phi) is 5.95. The summed E-state index contributed by atoms with van der Waals surface area (Å²) in [4.78, 5) is 6.68. The van der Waals surface area contributed by atoms with Crippen molar-refractivity contribution in [1.29, 1.82) is 0 Å². The van der Waals surface area contributed by atoms with E-state index in [9.17, 15) is 5.11 Å². The van der Waals surface area contributed by atoms with Crippen molar-refractivity contribution < 1.29 is 5.11 Å². The lowest BCUT2D eigenvalue weighted by atomic mass is 9.96. The molecule has 1 atom stereocenters. The Hall–Kier alpha value is -0.970. The fraction of sp³-hybridized carbons (Fsp3) is 0.688. The van der Waals surface area contributed by atoms with Gasteiger partial charge < -0.3 is 15.3 Å². The van der Waals surface area contributed by atoms with Crippen LogP contribution in [-0.4, -0.2) is 47.3 Å². The summed E-state index contributed by atoms with van der Waals surface area (Å²) in [5.41, 5.74) is 2.41.